The van der Waals surface area contributed by atoms with E-state index in [0.29, 0.717) is 42.0 Å². The normalized spacial score (nSPS) is 14.1. The molecule has 7 heteroatoms. The Balaban J connectivity index is 1.81. The predicted octanol–water partition coefficient (Wildman–Crippen LogP) is 3.45. The van der Waals surface area contributed by atoms with E-state index in [1.807, 2.05) is 31.2 Å². The summed E-state index contributed by atoms with van der Waals surface area (Å²) in [6, 6.07) is 12.5. The first kappa shape index (κ1) is 18.7. The molecule has 1 amide bonds. The number of rotatable bonds is 4. The Hall–Kier alpha value is -2.64. The Morgan fingerprint density at radius 1 is 1.18 bits per heavy atom. The molecule has 2 aromatic carbocycles. The predicted molar refractivity (Wildman–Crippen MR) is 108 cm³/mol. The van der Waals surface area contributed by atoms with Gasteiger partial charge in [-0.1, -0.05) is 31.2 Å². The molecule has 6 nitrogen and oxygen atoms in total. The number of para-hydroxylation sites is 1. The molecule has 0 aliphatic carbocycles. The van der Waals surface area contributed by atoms with E-state index in [2.05, 4.69) is 0 Å². The van der Waals surface area contributed by atoms with E-state index in [9.17, 15) is 13.2 Å². The molecule has 1 aliphatic rings. The second-order valence-corrected chi connectivity index (χ2v) is 9.19. The standard InChI is InChI=1S/C21H22N2O4S/c1-4-18-20(16-7-5-6-8-19(16)27-18)21(24)23-12-11-14-9-10-15(13-17(14)23)28(25,26)22(2)3/h5-10,13H,4,11-12H2,1-3H3. The molecular formula is C21H22N2O4S. The highest BCUT2D eigenvalue weighted by Gasteiger charge is 2.31. The van der Waals surface area contributed by atoms with E-state index < -0.39 is 10.0 Å². The molecule has 28 heavy (non-hydrogen) atoms. The lowest BCUT2D eigenvalue weighted by Crippen LogP contribution is -2.29. The zero-order valence-corrected chi connectivity index (χ0v) is 16.9. The van der Waals surface area contributed by atoms with Gasteiger partial charge in [0, 0.05) is 38.1 Å². The molecule has 0 spiro atoms. The first-order chi connectivity index (χ1) is 13.3. The molecule has 1 aromatic heterocycles. The zero-order chi connectivity index (χ0) is 20.1. The highest BCUT2D eigenvalue weighted by atomic mass is 32.2. The molecule has 3 aromatic rings. The Kier molecular flexibility index (Phi) is 4.51. The van der Waals surface area contributed by atoms with Gasteiger partial charge in [0.05, 0.1) is 10.5 Å². The van der Waals surface area contributed by atoms with Crippen molar-refractivity contribution in [1.82, 2.24) is 4.31 Å². The Morgan fingerprint density at radius 3 is 2.64 bits per heavy atom. The molecule has 0 atom stereocenters. The number of carbonyl (C=O) groups is 1. The van der Waals surface area contributed by atoms with Crippen molar-refractivity contribution in [2.75, 3.05) is 25.5 Å². The van der Waals surface area contributed by atoms with Gasteiger partial charge in [-0.3, -0.25) is 4.79 Å². The third-order valence-corrected chi connectivity index (χ3v) is 6.99. The summed E-state index contributed by atoms with van der Waals surface area (Å²) in [6.45, 7) is 2.47. The number of nitrogens with zero attached hydrogens (tertiary/aromatic N) is 2. The SMILES string of the molecule is CCc1oc2ccccc2c1C(=O)N1CCc2ccc(S(=O)(=O)N(C)C)cc21. The van der Waals surface area contributed by atoms with Crippen molar-refractivity contribution in [3.63, 3.8) is 0 Å². The summed E-state index contributed by atoms with van der Waals surface area (Å²) < 4.78 is 32.1. The summed E-state index contributed by atoms with van der Waals surface area (Å²) in [6.07, 6.45) is 1.30. The number of benzene rings is 2. The van der Waals surface area contributed by atoms with Crippen LogP contribution in [0.25, 0.3) is 11.0 Å². The minimum absolute atomic E-state index is 0.153. The molecule has 0 N–H and O–H groups in total. The quantitative estimate of drug-likeness (QED) is 0.675. The van der Waals surface area contributed by atoms with Gasteiger partial charge in [0.25, 0.3) is 5.91 Å². The van der Waals surface area contributed by atoms with Gasteiger partial charge in [-0.15, -0.1) is 0 Å². The summed E-state index contributed by atoms with van der Waals surface area (Å²) in [4.78, 5) is 15.3. The molecule has 146 valence electrons. The molecule has 0 bridgehead atoms. The lowest BCUT2D eigenvalue weighted by atomic mass is 10.1. The lowest BCUT2D eigenvalue weighted by molar-refractivity contribution is 0.0989. The van der Waals surface area contributed by atoms with Crippen LogP contribution in [0.5, 0.6) is 0 Å². The first-order valence-corrected chi connectivity index (χ1v) is 10.7. The number of anilines is 1. The van der Waals surface area contributed by atoms with Gasteiger partial charge in [0.15, 0.2) is 0 Å². The minimum Gasteiger partial charge on any atom is -0.460 e. The summed E-state index contributed by atoms with van der Waals surface area (Å²) >= 11 is 0. The zero-order valence-electron chi connectivity index (χ0n) is 16.1. The van der Waals surface area contributed by atoms with E-state index in [-0.39, 0.29) is 10.8 Å². The number of amides is 1. The van der Waals surface area contributed by atoms with Crippen molar-refractivity contribution in [2.45, 2.75) is 24.7 Å². The fourth-order valence-corrected chi connectivity index (χ4v) is 4.58. The van der Waals surface area contributed by atoms with E-state index >= 15 is 0 Å². The van der Waals surface area contributed by atoms with Crippen molar-refractivity contribution < 1.29 is 17.6 Å². The van der Waals surface area contributed by atoms with Crippen LogP contribution in [0, 0.1) is 0 Å². The number of carbonyl (C=O) groups excluding carboxylic acids is 1. The van der Waals surface area contributed by atoms with Gasteiger partial charge in [-0.05, 0) is 30.2 Å². The van der Waals surface area contributed by atoms with E-state index in [0.717, 1.165) is 10.9 Å². The number of hydrogen-bond acceptors (Lipinski definition) is 4. The first-order valence-electron chi connectivity index (χ1n) is 9.22. The van der Waals surface area contributed by atoms with Gasteiger partial charge >= 0.3 is 0 Å². The number of aryl methyl sites for hydroxylation is 1. The number of sulfonamides is 1. The summed E-state index contributed by atoms with van der Waals surface area (Å²) in [5.74, 6) is 0.497. The van der Waals surface area contributed by atoms with Crippen molar-refractivity contribution in [3.05, 3.63) is 59.4 Å². The fourth-order valence-electron chi connectivity index (χ4n) is 3.66. The van der Waals surface area contributed by atoms with Crippen LogP contribution < -0.4 is 4.90 Å². The molecular weight excluding hydrogens is 376 g/mol. The van der Waals surface area contributed by atoms with Crippen molar-refractivity contribution >= 4 is 32.6 Å². The van der Waals surface area contributed by atoms with Gasteiger partial charge in [-0.2, -0.15) is 0 Å². The van der Waals surface area contributed by atoms with Crippen LogP contribution in [-0.2, 0) is 22.9 Å². The van der Waals surface area contributed by atoms with Gasteiger partial charge < -0.3 is 9.32 Å². The second-order valence-electron chi connectivity index (χ2n) is 7.03. The molecule has 1 aliphatic heterocycles. The maximum atomic E-state index is 13.5. The molecule has 0 saturated carbocycles. The maximum Gasteiger partial charge on any atom is 0.262 e. The van der Waals surface area contributed by atoms with Crippen molar-refractivity contribution in [1.29, 1.82) is 0 Å². The van der Waals surface area contributed by atoms with Crippen LogP contribution in [0.2, 0.25) is 0 Å². The second kappa shape index (κ2) is 6.76. The minimum atomic E-state index is -3.57. The van der Waals surface area contributed by atoms with Crippen molar-refractivity contribution in [3.8, 4) is 0 Å². The molecule has 0 saturated heterocycles. The van der Waals surface area contributed by atoms with Crippen LogP contribution in [-0.4, -0.2) is 39.3 Å². The molecule has 2 heterocycles. The van der Waals surface area contributed by atoms with E-state index in [4.69, 9.17) is 4.42 Å². The molecule has 0 fully saturated rings. The topological polar surface area (TPSA) is 70.8 Å². The smallest absolute Gasteiger partial charge is 0.262 e. The summed E-state index contributed by atoms with van der Waals surface area (Å²) in [7, 11) is -0.579. The maximum absolute atomic E-state index is 13.5. The van der Waals surface area contributed by atoms with Gasteiger partial charge in [0.1, 0.15) is 11.3 Å². The lowest BCUT2D eigenvalue weighted by Gasteiger charge is -2.19. The summed E-state index contributed by atoms with van der Waals surface area (Å²) in [5, 5.41) is 0.787. The van der Waals surface area contributed by atoms with Crippen LogP contribution >= 0.6 is 0 Å². The van der Waals surface area contributed by atoms with Crippen LogP contribution in [0.15, 0.2) is 51.8 Å². The fraction of sp³-hybridized carbons (Fsp3) is 0.286. The number of furan rings is 1. The summed E-state index contributed by atoms with van der Waals surface area (Å²) in [5.41, 5.74) is 2.87. The third-order valence-electron chi connectivity index (χ3n) is 5.18. The Labute approximate surface area is 164 Å². The molecule has 0 unspecified atom stereocenters. The average molecular weight is 398 g/mol. The number of fused-ring (bicyclic) bond motifs is 2. The Bertz CT molecular complexity index is 1180. The van der Waals surface area contributed by atoms with Gasteiger partial charge in [-0.25, -0.2) is 12.7 Å². The Morgan fingerprint density at radius 2 is 1.93 bits per heavy atom. The highest BCUT2D eigenvalue weighted by Crippen LogP contribution is 2.35. The van der Waals surface area contributed by atoms with Crippen LogP contribution in [0.3, 0.4) is 0 Å². The van der Waals surface area contributed by atoms with Crippen LogP contribution in [0.1, 0.15) is 28.6 Å². The van der Waals surface area contributed by atoms with E-state index in [1.165, 1.54) is 18.4 Å². The molecule has 0 radical (unpaired) electrons. The monoisotopic (exact) mass is 398 g/mol. The van der Waals surface area contributed by atoms with Crippen LogP contribution in [0.4, 0.5) is 5.69 Å². The highest BCUT2D eigenvalue weighted by molar-refractivity contribution is 7.89. The largest absolute Gasteiger partial charge is 0.460 e. The number of hydrogen-bond donors (Lipinski definition) is 0. The van der Waals surface area contributed by atoms with Gasteiger partial charge in [0.2, 0.25) is 10.0 Å². The average Bonchev–Trinajstić information content (AvgIpc) is 3.27. The van der Waals surface area contributed by atoms with Crippen molar-refractivity contribution in [2.24, 2.45) is 0 Å². The third kappa shape index (κ3) is 2.82. The van der Waals surface area contributed by atoms with E-state index in [1.54, 1.807) is 23.1 Å². The molecule has 4 rings (SSSR count).